The second-order valence-electron chi connectivity index (χ2n) is 6.53. The maximum atomic E-state index is 13.5. The third-order valence-electron chi connectivity index (χ3n) is 4.77. The Morgan fingerprint density at radius 3 is 2.78 bits per heavy atom. The topological polar surface area (TPSA) is 71.9 Å². The Bertz CT molecular complexity index is 764. The zero-order chi connectivity index (χ0) is 19.2. The van der Waals surface area contributed by atoms with Gasteiger partial charge in [0.1, 0.15) is 17.6 Å². The highest BCUT2D eigenvalue weighted by Crippen LogP contribution is 2.32. The zero-order valence-electron chi connectivity index (χ0n) is 15.2. The van der Waals surface area contributed by atoms with E-state index in [0.29, 0.717) is 25.3 Å². The summed E-state index contributed by atoms with van der Waals surface area (Å²) in [5.74, 6) is -1.19. The van der Waals surface area contributed by atoms with E-state index in [0.717, 1.165) is 18.4 Å². The molecule has 6 nitrogen and oxygen atoms in total. The van der Waals surface area contributed by atoms with E-state index in [9.17, 15) is 14.3 Å². The van der Waals surface area contributed by atoms with Crippen LogP contribution < -0.4 is 4.74 Å². The number of aromatic nitrogens is 1. The summed E-state index contributed by atoms with van der Waals surface area (Å²) in [5.41, 5.74) is 1.47. The number of carboxylic acid groups (broad SMARTS) is 1. The van der Waals surface area contributed by atoms with Crippen molar-refractivity contribution in [1.82, 2.24) is 9.88 Å². The zero-order valence-corrected chi connectivity index (χ0v) is 15.2. The van der Waals surface area contributed by atoms with E-state index in [2.05, 4.69) is 4.98 Å². The van der Waals surface area contributed by atoms with Crippen molar-refractivity contribution >= 4 is 5.97 Å². The summed E-state index contributed by atoms with van der Waals surface area (Å²) in [7, 11) is 1.41. The van der Waals surface area contributed by atoms with E-state index < -0.39 is 17.8 Å². The molecule has 7 heteroatoms. The van der Waals surface area contributed by atoms with Crippen LogP contribution in [0.15, 0.2) is 42.7 Å². The van der Waals surface area contributed by atoms with Crippen molar-refractivity contribution in [3.8, 4) is 5.75 Å². The number of methoxy groups -OCH3 is 1. The summed E-state index contributed by atoms with van der Waals surface area (Å²) in [4.78, 5) is 17.9. The minimum Gasteiger partial charge on any atom is -0.496 e. The van der Waals surface area contributed by atoms with Crippen molar-refractivity contribution in [3.05, 3.63) is 59.7 Å². The van der Waals surface area contributed by atoms with Gasteiger partial charge in [-0.05, 0) is 30.5 Å². The molecular weight excluding hydrogens is 351 g/mol. The molecule has 0 aliphatic carbocycles. The predicted octanol–water partition coefficient (Wildman–Crippen LogP) is 3.04. The number of likely N-dealkylation sites (tertiary alicyclic amines) is 1. The van der Waals surface area contributed by atoms with Crippen LogP contribution in [0.25, 0.3) is 0 Å². The molecule has 1 aliphatic rings. The highest BCUT2D eigenvalue weighted by molar-refractivity contribution is 5.76. The number of aliphatic carboxylic acids is 1. The first-order chi connectivity index (χ1) is 13.1. The molecule has 0 saturated carbocycles. The lowest BCUT2D eigenvalue weighted by atomic mass is 9.99. The highest BCUT2D eigenvalue weighted by Gasteiger charge is 2.33. The van der Waals surface area contributed by atoms with Crippen molar-refractivity contribution in [2.75, 3.05) is 20.2 Å². The van der Waals surface area contributed by atoms with Crippen LogP contribution >= 0.6 is 0 Å². The number of benzene rings is 1. The molecule has 0 radical (unpaired) electrons. The molecule has 1 aromatic heterocycles. The van der Waals surface area contributed by atoms with Gasteiger partial charge in [-0.25, -0.2) is 4.39 Å². The van der Waals surface area contributed by atoms with Crippen LogP contribution in [0, 0.1) is 5.82 Å². The van der Waals surface area contributed by atoms with Gasteiger partial charge in [-0.15, -0.1) is 0 Å². The maximum absolute atomic E-state index is 13.5. The fraction of sp³-hybridized carbons (Fsp3) is 0.400. The largest absolute Gasteiger partial charge is 0.496 e. The number of hydrogen-bond acceptors (Lipinski definition) is 5. The molecule has 1 fully saturated rings. The Hall–Kier alpha value is -2.51. The third-order valence-corrected chi connectivity index (χ3v) is 4.77. The second-order valence-corrected chi connectivity index (χ2v) is 6.53. The molecule has 0 unspecified atom stereocenters. The summed E-state index contributed by atoms with van der Waals surface area (Å²) in [6, 6.07) is 6.92. The summed E-state index contributed by atoms with van der Waals surface area (Å²) in [5, 5.41) is 9.76. The van der Waals surface area contributed by atoms with Gasteiger partial charge in [-0.1, -0.05) is 12.1 Å². The number of ether oxygens (including phenoxy) is 2. The Morgan fingerprint density at radius 1 is 1.37 bits per heavy atom. The molecule has 2 heterocycles. The SMILES string of the molecule is COc1cc(F)ccc1[C@@H](C(=O)O)N1CCC(OCc2cccnc2)CC1. The maximum Gasteiger partial charge on any atom is 0.325 e. The monoisotopic (exact) mass is 374 g/mol. The van der Waals surface area contributed by atoms with Crippen LogP contribution in [0.1, 0.15) is 30.0 Å². The quantitative estimate of drug-likeness (QED) is 0.803. The first kappa shape index (κ1) is 19.3. The number of rotatable bonds is 7. The number of nitrogens with zero attached hydrogens (tertiary/aromatic N) is 2. The van der Waals surface area contributed by atoms with Crippen LogP contribution in [-0.2, 0) is 16.1 Å². The number of halogens is 1. The van der Waals surface area contributed by atoms with Crippen LogP contribution in [-0.4, -0.2) is 47.3 Å². The summed E-state index contributed by atoms with van der Waals surface area (Å²) < 4.78 is 24.6. The molecular formula is C20H23FN2O4. The van der Waals surface area contributed by atoms with Crippen molar-refractivity contribution in [1.29, 1.82) is 0 Å². The van der Waals surface area contributed by atoms with Crippen LogP contribution in [0.4, 0.5) is 4.39 Å². The molecule has 1 saturated heterocycles. The Kier molecular flexibility index (Phi) is 6.36. The van der Waals surface area contributed by atoms with Crippen molar-refractivity contribution < 1.29 is 23.8 Å². The highest BCUT2D eigenvalue weighted by atomic mass is 19.1. The fourth-order valence-corrected chi connectivity index (χ4v) is 3.40. The number of hydrogen-bond donors (Lipinski definition) is 1. The van der Waals surface area contributed by atoms with E-state index in [-0.39, 0.29) is 11.9 Å². The predicted molar refractivity (Wildman–Crippen MR) is 96.9 cm³/mol. The summed E-state index contributed by atoms with van der Waals surface area (Å²) in [6.45, 7) is 1.65. The van der Waals surface area contributed by atoms with E-state index in [1.54, 1.807) is 12.4 Å². The van der Waals surface area contributed by atoms with Gasteiger partial charge >= 0.3 is 5.97 Å². The molecule has 27 heavy (non-hydrogen) atoms. The molecule has 144 valence electrons. The summed E-state index contributed by atoms with van der Waals surface area (Å²) >= 11 is 0. The Balaban J connectivity index is 1.63. The van der Waals surface area contributed by atoms with Gasteiger partial charge in [0.25, 0.3) is 0 Å². The van der Waals surface area contributed by atoms with Crippen LogP contribution in [0.3, 0.4) is 0 Å². The number of pyridine rings is 1. The molecule has 0 amide bonds. The van der Waals surface area contributed by atoms with Gasteiger partial charge in [-0.2, -0.15) is 0 Å². The van der Waals surface area contributed by atoms with E-state index in [1.807, 2.05) is 17.0 Å². The smallest absolute Gasteiger partial charge is 0.325 e. The molecule has 1 N–H and O–H groups in total. The standard InChI is InChI=1S/C20H23FN2O4/c1-26-18-11-15(21)4-5-17(18)19(20(24)25)23-9-6-16(7-10-23)27-13-14-3-2-8-22-12-14/h2-5,8,11-12,16,19H,6-7,9-10,13H2,1H3,(H,24,25)/t19-/m0/s1. The first-order valence-corrected chi connectivity index (χ1v) is 8.89. The number of carbonyl (C=O) groups is 1. The minimum absolute atomic E-state index is 0.0750. The Labute approximate surface area is 157 Å². The molecule has 1 atom stereocenters. The minimum atomic E-state index is -0.977. The van der Waals surface area contributed by atoms with Crippen molar-refractivity contribution in [3.63, 3.8) is 0 Å². The average Bonchev–Trinajstić information content (AvgIpc) is 2.69. The molecule has 3 rings (SSSR count). The van der Waals surface area contributed by atoms with Crippen molar-refractivity contribution in [2.45, 2.75) is 31.6 Å². The molecule has 1 aliphatic heterocycles. The van der Waals surface area contributed by atoms with Crippen molar-refractivity contribution in [2.24, 2.45) is 0 Å². The van der Waals surface area contributed by atoms with Gasteiger partial charge in [0.05, 0.1) is 19.8 Å². The molecule has 1 aromatic carbocycles. The lowest BCUT2D eigenvalue weighted by Gasteiger charge is -2.36. The van der Waals surface area contributed by atoms with Gasteiger partial charge in [-0.3, -0.25) is 14.7 Å². The average molecular weight is 374 g/mol. The van der Waals surface area contributed by atoms with Gasteiger partial charge in [0.15, 0.2) is 0 Å². The number of piperidine rings is 1. The third kappa shape index (κ3) is 4.81. The van der Waals surface area contributed by atoms with Gasteiger partial charge in [0, 0.05) is 37.1 Å². The van der Waals surface area contributed by atoms with Gasteiger partial charge < -0.3 is 14.6 Å². The van der Waals surface area contributed by atoms with Crippen LogP contribution in [0.2, 0.25) is 0 Å². The summed E-state index contributed by atoms with van der Waals surface area (Å²) in [6.07, 6.45) is 5.03. The van der Waals surface area contributed by atoms with E-state index >= 15 is 0 Å². The first-order valence-electron chi connectivity index (χ1n) is 8.89. The molecule has 0 bridgehead atoms. The lowest BCUT2D eigenvalue weighted by molar-refractivity contribution is -0.145. The number of carboxylic acids is 1. The van der Waals surface area contributed by atoms with Gasteiger partial charge in [0.2, 0.25) is 0 Å². The van der Waals surface area contributed by atoms with E-state index in [1.165, 1.54) is 25.3 Å². The normalized spacial score (nSPS) is 16.8. The van der Waals surface area contributed by atoms with E-state index in [4.69, 9.17) is 9.47 Å². The molecule has 2 aromatic rings. The van der Waals surface area contributed by atoms with Crippen LogP contribution in [0.5, 0.6) is 5.75 Å². The molecule has 0 spiro atoms. The fourth-order valence-electron chi connectivity index (χ4n) is 3.40. The second kappa shape index (κ2) is 8.92. The lowest BCUT2D eigenvalue weighted by Crippen LogP contribution is -2.42. The Morgan fingerprint density at radius 2 is 2.15 bits per heavy atom.